The fraction of sp³-hybridized carbons (Fsp3) is 0.462. The van der Waals surface area contributed by atoms with E-state index in [-0.39, 0.29) is 17.1 Å². The number of hydrogen-bond donors (Lipinski definition) is 3. The molecule has 0 unspecified atom stereocenters. The molecule has 0 fully saturated rings. The van der Waals surface area contributed by atoms with E-state index in [2.05, 4.69) is 20.3 Å². The van der Waals surface area contributed by atoms with E-state index >= 15 is 0 Å². The second-order valence-electron chi connectivity index (χ2n) is 4.57. The van der Waals surface area contributed by atoms with Gasteiger partial charge in [-0.3, -0.25) is 15.1 Å². The number of nitro benzene ring substituents is 1. The minimum atomic E-state index is -3.80. The molecule has 3 N–H and O–H groups in total. The number of nitrogens with zero attached hydrogens (tertiary/aromatic N) is 2. The van der Waals surface area contributed by atoms with Crippen LogP contribution in [0.5, 0.6) is 0 Å². The van der Waals surface area contributed by atoms with E-state index in [0.717, 1.165) is 18.4 Å². The van der Waals surface area contributed by atoms with Gasteiger partial charge in [-0.2, -0.15) is 11.8 Å². The van der Waals surface area contributed by atoms with Crippen LogP contribution in [0.1, 0.15) is 0 Å². The average molecular weight is 375 g/mol. The molecule has 0 aliphatic carbocycles. The number of sulfonamides is 1. The van der Waals surface area contributed by atoms with Crippen molar-refractivity contribution in [3.63, 3.8) is 0 Å². The average Bonchev–Trinajstić information content (AvgIpc) is 2.57. The maximum Gasteiger partial charge on any atom is 0.270 e. The lowest BCUT2D eigenvalue weighted by Crippen LogP contribution is -2.42. The lowest BCUT2D eigenvalue weighted by Gasteiger charge is -2.12. The quantitative estimate of drug-likeness (QED) is 0.187. The molecule has 11 heteroatoms. The molecule has 9 nitrogen and oxygen atoms in total. The van der Waals surface area contributed by atoms with Gasteiger partial charge in [0.05, 0.1) is 9.82 Å². The number of nitro groups is 1. The predicted molar refractivity (Wildman–Crippen MR) is 96.0 cm³/mol. The Balaban J connectivity index is 2.51. The van der Waals surface area contributed by atoms with Gasteiger partial charge in [0, 0.05) is 44.6 Å². The predicted octanol–water partition coefficient (Wildman–Crippen LogP) is 0.401. The van der Waals surface area contributed by atoms with Gasteiger partial charge in [-0.1, -0.05) is 6.07 Å². The van der Waals surface area contributed by atoms with Gasteiger partial charge in [-0.25, -0.2) is 13.1 Å². The number of guanidine groups is 1. The first-order valence-corrected chi connectivity index (χ1v) is 9.96. The zero-order valence-corrected chi connectivity index (χ0v) is 15.1. The molecule has 0 aromatic heterocycles. The molecule has 0 aliphatic heterocycles. The molecule has 0 bridgehead atoms. The minimum absolute atomic E-state index is 0.119. The summed E-state index contributed by atoms with van der Waals surface area (Å²) in [4.78, 5) is 14.0. The second kappa shape index (κ2) is 10.1. The number of aliphatic imine (C=N–C) groups is 1. The van der Waals surface area contributed by atoms with Crippen molar-refractivity contribution >= 4 is 33.4 Å². The number of benzene rings is 1. The molecule has 0 radical (unpaired) electrons. The molecule has 0 atom stereocenters. The van der Waals surface area contributed by atoms with Crippen molar-refractivity contribution in [3.05, 3.63) is 34.4 Å². The van der Waals surface area contributed by atoms with E-state index in [4.69, 9.17) is 0 Å². The Labute approximate surface area is 145 Å². The molecule has 0 aliphatic rings. The number of thioether (sulfide) groups is 1. The lowest BCUT2D eigenvalue weighted by atomic mass is 10.3. The van der Waals surface area contributed by atoms with Crippen LogP contribution in [0.3, 0.4) is 0 Å². The molecule has 134 valence electrons. The topological polar surface area (TPSA) is 126 Å². The Morgan fingerprint density at radius 1 is 1.29 bits per heavy atom. The molecular weight excluding hydrogens is 354 g/mol. The normalized spacial score (nSPS) is 12.0. The molecule has 1 rings (SSSR count). The van der Waals surface area contributed by atoms with E-state index in [1.54, 1.807) is 18.8 Å². The third-order valence-corrected chi connectivity index (χ3v) is 4.94. The number of hydrogen-bond acceptors (Lipinski definition) is 6. The zero-order chi connectivity index (χ0) is 18.0. The molecule has 0 saturated heterocycles. The fourth-order valence-electron chi connectivity index (χ4n) is 1.71. The molecule has 0 saturated carbocycles. The van der Waals surface area contributed by atoms with Crippen LogP contribution >= 0.6 is 11.8 Å². The summed E-state index contributed by atoms with van der Waals surface area (Å²) in [5.74, 6) is 1.51. The maximum atomic E-state index is 12.1. The standard InChI is InChI=1S/C13H21N5O4S2/c1-14-13(16-8-9-23-2)15-6-7-17-24(21,22)12-5-3-4-11(10-12)18(19)20/h3-5,10,17H,6-9H2,1-2H3,(H2,14,15,16). The van der Waals surface area contributed by atoms with Crippen LogP contribution in [0.15, 0.2) is 34.2 Å². The van der Waals surface area contributed by atoms with Crippen LogP contribution in [0.25, 0.3) is 0 Å². The second-order valence-corrected chi connectivity index (χ2v) is 7.32. The van der Waals surface area contributed by atoms with Gasteiger partial charge in [-0.15, -0.1) is 0 Å². The van der Waals surface area contributed by atoms with Crippen molar-refractivity contribution in [1.29, 1.82) is 0 Å². The largest absolute Gasteiger partial charge is 0.356 e. The molecule has 1 aromatic carbocycles. The van der Waals surface area contributed by atoms with Gasteiger partial charge in [0.25, 0.3) is 5.69 Å². The van der Waals surface area contributed by atoms with Gasteiger partial charge in [0.1, 0.15) is 0 Å². The fourth-order valence-corrected chi connectivity index (χ4v) is 3.08. The van der Waals surface area contributed by atoms with Gasteiger partial charge in [-0.05, 0) is 12.3 Å². The summed E-state index contributed by atoms with van der Waals surface area (Å²) >= 11 is 1.70. The molecular formula is C13H21N5O4S2. The third kappa shape index (κ3) is 6.72. The molecule has 0 heterocycles. The highest BCUT2D eigenvalue weighted by molar-refractivity contribution is 7.98. The summed E-state index contributed by atoms with van der Waals surface area (Å²) in [5.41, 5.74) is -0.269. The Bertz CT molecular complexity index is 679. The Kier molecular flexibility index (Phi) is 8.50. The SMILES string of the molecule is CN=C(NCCNS(=O)(=O)c1cccc([N+](=O)[O-])c1)NCCSC. The number of nitrogens with one attached hydrogen (secondary N) is 3. The van der Waals surface area contributed by atoms with Crippen LogP contribution in [0.4, 0.5) is 5.69 Å². The summed E-state index contributed by atoms with van der Waals surface area (Å²) in [7, 11) is -2.17. The first-order chi connectivity index (χ1) is 11.4. The van der Waals surface area contributed by atoms with Gasteiger partial charge < -0.3 is 10.6 Å². The molecule has 1 aromatic rings. The van der Waals surface area contributed by atoms with Crippen LogP contribution in [0.2, 0.25) is 0 Å². The zero-order valence-electron chi connectivity index (χ0n) is 13.5. The Hall–Kier alpha value is -1.85. The van der Waals surface area contributed by atoms with E-state index < -0.39 is 14.9 Å². The van der Waals surface area contributed by atoms with Crippen LogP contribution in [-0.2, 0) is 10.0 Å². The van der Waals surface area contributed by atoms with Gasteiger partial charge in [0.15, 0.2) is 5.96 Å². The van der Waals surface area contributed by atoms with Crippen molar-refractivity contribution in [2.75, 3.05) is 38.7 Å². The molecule has 24 heavy (non-hydrogen) atoms. The van der Waals surface area contributed by atoms with Crippen molar-refractivity contribution in [1.82, 2.24) is 15.4 Å². The summed E-state index contributed by atoms with van der Waals surface area (Å²) in [5, 5.41) is 16.8. The van der Waals surface area contributed by atoms with Crippen molar-refractivity contribution in [2.45, 2.75) is 4.90 Å². The first kappa shape index (κ1) is 20.2. The molecule has 0 amide bonds. The summed E-state index contributed by atoms with van der Waals surface area (Å²) in [6, 6.07) is 4.91. The van der Waals surface area contributed by atoms with E-state index in [1.807, 2.05) is 6.26 Å². The Morgan fingerprint density at radius 2 is 2.00 bits per heavy atom. The van der Waals surface area contributed by atoms with Crippen molar-refractivity contribution in [2.24, 2.45) is 4.99 Å². The lowest BCUT2D eigenvalue weighted by molar-refractivity contribution is -0.385. The number of rotatable bonds is 9. The smallest absolute Gasteiger partial charge is 0.270 e. The maximum absolute atomic E-state index is 12.1. The Morgan fingerprint density at radius 3 is 2.62 bits per heavy atom. The van der Waals surface area contributed by atoms with Crippen molar-refractivity contribution in [3.8, 4) is 0 Å². The summed E-state index contributed by atoms with van der Waals surface area (Å²) in [6.07, 6.45) is 2.00. The minimum Gasteiger partial charge on any atom is -0.356 e. The van der Waals surface area contributed by atoms with Crippen molar-refractivity contribution < 1.29 is 13.3 Å². The van der Waals surface area contributed by atoms with E-state index in [9.17, 15) is 18.5 Å². The van der Waals surface area contributed by atoms with Crippen LogP contribution in [0, 0.1) is 10.1 Å². The monoisotopic (exact) mass is 375 g/mol. The van der Waals surface area contributed by atoms with Crippen LogP contribution in [-0.4, -0.2) is 58.0 Å². The summed E-state index contributed by atoms with van der Waals surface area (Å²) in [6.45, 7) is 1.20. The van der Waals surface area contributed by atoms with Gasteiger partial charge in [0.2, 0.25) is 10.0 Å². The number of non-ortho nitro benzene ring substituents is 1. The molecule has 0 spiro atoms. The van der Waals surface area contributed by atoms with E-state index in [0.29, 0.717) is 12.5 Å². The summed E-state index contributed by atoms with van der Waals surface area (Å²) < 4.78 is 26.6. The van der Waals surface area contributed by atoms with E-state index in [1.165, 1.54) is 18.2 Å². The highest BCUT2D eigenvalue weighted by atomic mass is 32.2. The van der Waals surface area contributed by atoms with Crippen LogP contribution < -0.4 is 15.4 Å². The highest BCUT2D eigenvalue weighted by Gasteiger charge is 2.16. The first-order valence-electron chi connectivity index (χ1n) is 7.08. The van der Waals surface area contributed by atoms with Gasteiger partial charge >= 0.3 is 0 Å². The third-order valence-electron chi connectivity index (χ3n) is 2.87. The highest BCUT2D eigenvalue weighted by Crippen LogP contribution is 2.16.